The van der Waals surface area contributed by atoms with E-state index in [4.69, 9.17) is 5.14 Å². The van der Waals surface area contributed by atoms with Crippen LogP contribution in [0.3, 0.4) is 0 Å². The zero-order valence-corrected chi connectivity index (χ0v) is 20.8. The van der Waals surface area contributed by atoms with E-state index < -0.39 is 28.1 Å². The van der Waals surface area contributed by atoms with Crippen molar-refractivity contribution in [2.45, 2.75) is 77.5 Å². The van der Waals surface area contributed by atoms with Gasteiger partial charge in [-0.1, -0.05) is 47.6 Å². The van der Waals surface area contributed by atoms with Crippen molar-refractivity contribution in [3.63, 3.8) is 0 Å². The quantitative estimate of drug-likeness (QED) is 0.456. The van der Waals surface area contributed by atoms with Crippen molar-refractivity contribution in [2.24, 2.45) is 15.4 Å². The Morgan fingerprint density at radius 3 is 1.97 bits per heavy atom. The molecular weight excluding hydrogens is 449 g/mol. The zero-order valence-electron chi connectivity index (χ0n) is 20.0. The standard InChI is InChI=1S/C25H33F3N2O2S/c1-14(2)9-17-7-8-23(22(26)10-17)33(29,32)30-24(31)13-21-19(15(3)4)11-18(25(27)28)12-20(21)16(5)6/h7-8,10-12,14-16,25H,9,13H2,1-6H3,(H2,29,30,31,32). The minimum atomic E-state index is -3.81. The van der Waals surface area contributed by atoms with Crippen molar-refractivity contribution in [2.75, 3.05) is 0 Å². The fourth-order valence-electron chi connectivity index (χ4n) is 3.87. The number of hydrogen-bond acceptors (Lipinski definition) is 2. The molecule has 0 aliphatic heterocycles. The summed E-state index contributed by atoms with van der Waals surface area (Å²) in [5, 5.41) is 5.81. The molecule has 0 aromatic heterocycles. The van der Waals surface area contributed by atoms with E-state index in [-0.39, 0.29) is 28.7 Å². The molecule has 2 aromatic carbocycles. The predicted molar refractivity (Wildman–Crippen MR) is 126 cm³/mol. The van der Waals surface area contributed by atoms with Crippen molar-refractivity contribution in [3.05, 3.63) is 64.0 Å². The summed E-state index contributed by atoms with van der Waals surface area (Å²) < 4.78 is 58.1. The van der Waals surface area contributed by atoms with Gasteiger partial charge in [-0.2, -0.15) is 0 Å². The summed E-state index contributed by atoms with van der Waals surface area (Å²) >= 11 is 0. The molecule has 2 aromatic rings. The summed E-state index contributed by atoms with van der Waals surface area (Å²) in [5.41, 5.74) is 2.40. The van der Waals surface area contributed by atoms with Crippen LogP contribution in [0.15, 0.2) is 39.6 Å². The van der Waals surface area contributed by atoms with E-state index in [0.29, 0.717) is 29.0 Å². The highest BCUT2D eigenvalue weighted by Crippen LogP contribution is 2.33. The maximum atomic E-state index is 14.6. The first-order valence-corrected chi connectivity index (χ1v) is 12.6. The Morgan fingerprint density at radius 2 is 1.55 bits per heavy atom. The zero-order chi connectivity index (χ0) is 25.1. The van der Waals surface area contributed by atoms with Gasteiger partial charge < -0.3 is 0 Å². The van der Waals surface area contributed by atoms with E-state index in [1.165, 1.54) is 24.3 Å². The first kappa shape index (κ1) is 27.1. The third-order valence-electron chi connectivity index (χ3n) is 5.36. The molecule has 4 nitrogen and oxygen atoms in total. The molecule has 2 N–H and O–H groups in total. The topological polar surface area (TPSA) is 72.5 Å². The van der Waals surface area contributed by atoms with Crippen molar-refractivity contribution < 1.29 is 22.2 Å². The third-order valence-corrected chi connectivity index (χ3v) is 6.79. The first-order valence-electron chi connectivity index (χ1n) is 11.0. The van der Waals surface area contributed by atoms with Crippen LogP contribution in [0.5, 0.6) is 0 Å². The van der Waals surface area contributed by atoms with Crippen LogP contribution in [0.4, 0.5) is 13.2 Å². The fraction of sp³-hybridized carbons (Fsp3) is 0.480. The second-order valence-corrected chi connectivity index (χ2v) is 11.1. The molecule has 1 atom stereocenters. The molecule has 8 heteroatoms. The Kier molecular flexibility index (Phi) is 8.88. The van der Waals surface area contributed by atoms with E-state index in [2.05, 4.69) is 4.36 Å². The number of carbonyl (C=O) groups is 1. The summed E-state index contributed by atoms with van der Waals surface area (Å²) in [5.74, 6) is -1.51. The van der Waals surface area contributed by atoms with E-state index in [1.54, 1.807) is 6.07 Å². The molecule has 0 spiro atoms. The first-order chi connectivity index (χ1) is 15.2. The molecule has 0 saturated carbocycles. The van der Waals surface area contributed by atoms with Gasteiger partial charge in [0.1, 0.15) is 15.7 Å². The Labute approximate surface area is 195 Å². The molecule has 0 saturated heterocycles. The molecule has 0 aliphatic carbocycles. The lowest BCUT2D eigenvalue weighted by Gasteiger charge is -2.21. The normalized spacial score (nSPS) is 13.8. The molecule has 2 rings (SSSR count). The van der Waals surface area contributed by atoms with Crippen LogP contribution in [0.25, 0.3) is 0 Å². The smallest absolute Gasteiger partial charge is 0.263 e. The lowest BCUT2D eigenvalue weighted by atomic mass is 9.85. The van der Waals surface area contributed by atoms with Crippen LogP contribution in [0.1, 0.15) is 87.6 Å². The van der Waals surface area contributed by atoms with Crippen molar-refractivity contribution >= 4 is 15.8 Å². The van der Waals surface area contributed by atoms with Gasteiger partial charge in [-0.05, 0) is 70.7 Å². The van der Waals surface area contributed by atoms with Crippen LogP contribution < -0.4 is 5.14 Å². The van der Waals surface area contributed by atoms with Gasteiger partial charge in [-0.3, -0.25) is 4.79 Å². The molecule has 1 unspecified atom stereocenters. The minimum absolute atomic E-state index is 0.110. The average Bonchev–Trinajstić information content (AvgIpc) is 2.66. The van der Waals surface area contributed by atoms with Crippen LogP contribution in [0, 0.1) is 11.7 Å². The largest absolute Gasteiger partial charge is 0.272 e. The second-order valence-electron chi connectivity index (χ2n) is 9.38. The number of halogens is 3. The molecular formula is C25H33F3N2O2S. The molecule has 0 bridgehead atoms. The molecule has 33 heavy (non-hydrogen) atoms. The van der Waals surface area contributed by atoms with E-state index in [0.717, 1.165) is 5.56 Å². The van der Waals surface area contributed by atoms with Crippen LogP contribution in [0.2, 0.25) is 0 Å². The van der Waals surface area contributed by atoms with E-state index >= 15 is 0 Å². The minimum Gasteiger partial charge on any atom is -0.272 e. The Bertz CT molecular complexity index is 1110. The number of alkyl halides is 2. The van der Waals surface area contributed by atoms with Crippen LogP contribution >= 0.6 is 0 Å². The summed E-state index contributed by atoms with van der Waals surface area (Å²) in [4.78, 5) is 12.5. The van der Waals surface area contributed by atoms with Gasteiger partial charge in [0, 0.05) is 5.56 Å². The Hall–Kier alpha value is -2.19. The van der Waals surface area contributed by atoms with Crippen LogP contribution in [-0.4, -0.2) is 10.1 Å². The molecule has 0 aliphatic rings. The highest BCUT2D eigenvalue weighted by atomic mass is 32.2. The number of hydrogen-bond donors (Lipinski definition) is 1. The summed E-state index contributed by atoms with van der Waals surface area (Å²) in [6, 6.07) is 7.00. The van der Waals surface area contributed by atoms with Crippen molar-refractivity contribution in [1.82, 2.24) is 0 Å². The second kappa shape index (κ2) is 10.8. The van der Waals surface area contributed by atoms with Gasteiger partial charge >= 0.3 is 0 Å². The number of amides is 1. The van der Waals surface area contributed by atoms with Gasteiger partial charge in [0.2, 0.25) is 0 Å². The Balaban J connectivity index is 2.48. The molecule has 0 fully saturated rings. The van der Waals surface area contributed by atoms with Crippen molar-refractivity contribution in [1.29, 1.82) is 0 Å². The van der Waals surface area contributed by atoms with Crippen LogP contribution in [-0.2, 0) is 27.6 Å². The maximum absolute atomic E-state index is 14.6. The summed E-state index contributed by atoms with van der Waals surface area (Å²) in [7, 11) is -3.81. The number of nitrogens with two attached hydrogens (primary N) is 1. The van der Waals surface area contributed by atoms with Gasteiger partial charge in [-0.15, -0.1) is 4.36 Å². The lowest BCUT2D eigenvalue weighted by Crippen LogP contribution is -2.18. The predicted octanol–water partition coefficient (Wildman–Crippen LogP) is 6.68. The SMILES string of the molecule is CC(C)Cc1ccc(S(N)(=O)=NC(=O)Cc2c(C(C)C)cc(C(F)F)cc2C(C)C)c(F)c1. The van der Waals surface area contributed by atoms with Gasteiger partial charge in [0.15, 0.2) is 0 Å². The van der Waals surface area contributed by atoms with Gasteiger partial charge in [0.25, 0.3) is 12.3 Å². The van der Waals surface area contributed by atoms with E-state index in [9.17, 15) is 22.2 Å². The number of nitrogens with zero attached hydrogens (tertiary/aromatic N) is 1. The van der Waals surface area contributed by atoms with Gasteiger partial charge in [0.05, 0.1) is 11.3 Å². The Morgan fingerprint density at radius 1 is 1.00 bits per heavy atom. The third kappa shape index (κ3) is 6.90. The number of rotatable bonds is 8. The number of carbonyl (C=O) groups excluding carboxylic acids is 1. The monoisotopic (exact) mass is 482 g/mol. The van der Waals surface area contributed by atoms with E-state index in [1.807, 2.05) is 41.5 Å². The highest BCUT2D eigenvalue weighted by Gasteiger charge is 2.22. The van der Waals surface area contributed by atoms with Crippen molar-refractivity contribution in [3.8, 4) is 0 Å². The van der Waals surface area contributed by atoms with Gasteiger partial charge in [-0.25, -0.2) is 22.5 Å². The maximum Gasteiger partial charge on any atom is 0.263 e. The lowest BCUT2D eigenvalue weighted by molar-refractivity contribution is -0.117. The summed E-state index contributed by atoms with van der Waals surface area (Å²) in [6.45, 7) is 11.4. The number of benzene rings is 2. The highest BCUT2D eigenvalue weighted by molar-refractivity contribution is 7.91. The fourth-order valence-corrected chi connectivity index (χ4v) is 4.93. The molecule has 0 heterocycles. The molecule has 0 radical (unpaired) electrons. The summed E-state index contributed by atoms with van der Waals surface area (Å²) in [6.07, 6.45) is -2.26. The molecule has 182 valence electrons. The molecule has 1 amide bonds. The average molecular weight is 483 g/mol.